The second-order valence-corrected chi connectivity index (χ2v) is 9.22. The second-order valence-electron chi connectivity index (χ2n) is 9.22. The number of aromatic nitrogens is 2. The van der Waals surface area contributed by atoms with E-state index in [1.165, 1.54) is 31.0 Å². The molecule has 204 valence electrons. The lowest BCUT2D eigenvalue weighted by molar-refractivity contribution is -0.0498. The van der Waals surface area contributed by atoms with Crippen LogP contribution in [-0.2, 0) is 0 Å². The Labute approximate surface area is 233 Å². The van der Waals surface area contributed by atoms with Gasteiger partial charge in [0.05, 0.1) is 19.7 Å². The van der Waals surface area contributed by atoms with E-state index in [-0.39, 0.29) is 17.1 Å². The number of halogens is 2. The van der Waals surface area contributed by atoms with Crippen molar-refractivity contribution < 1.29 is 32.6 Å². The van der Waals surface area contributed by atoms with Crippen LogP contribution in [0.5, 0.6) is 17.2 Å². The van der Waals surface area contributed by atoms with E-state index in [0.29, 0.717) is 55.9 Å². The number of benzene rings is 4. The number of carbonyl (C=O) groups is 2. The standard InChI is InChI=1S/C32H22F2N2O5/c1-39-26-15-12-19(17-27(26)40-2)24(16-18-10-13-20(14-11-18)41-32(33)34)31(38)36-25-9-5-8-23-28(25)29(35-36)21-6-3-4-7-22(21)30(23)37/h3-17,32H,1-2H3. The topological polar surface area (TPSA) is 79.7 Å². The molecule has 1 aromatic heterocycles. The highest BCUT2D eigenvalue weighted by molar-refractivity contribution is 6.29. The minimum Gasteiger partial charge on any atom is -0.493 e. The number of allylic oxidation sites excluding steroid dienone is 1. The van der Waals surface area contributed by atoms with Crippen molar-refractivity contribution in [3.63, 3.8) is 0 Å². The lowest BCUT2D eigenvalue weighted by atomic mass is 9.87. The third-order valence-corrected chi connectivity index (χ3v) is 6.91. The lowest BCUT2D eigenvalue weighted by Crippen LogP contribution is -2.14. The molecule has 0 amide bonds. The third kappa shape index (κ3) is 4.51. The maximum Gasteiger partial charge on any atom is 0.387 e. The Kier molecular flexibility index (Phi) is 6.55. The van der Waals surface area contributed by atoms with Crippen LogP contribution in [0.15, 0.2) is 84.9 Å². The minimum atomic E-state index is -2.95. The average molecular weight is 553 g/mol. The molecule has 0 unspecified atom stereocenters. The van der Waals surface area contributed by atoms with Crippen molar-refractivity contribution in [1.82, 2.24) is 9.78 Å². The van der Waals surface area contributed by atoms with Gasteiger partial charge in [-0.25, -0.2) is 0 Å². The van der Waals surface area contributed by atoms with Crippen LogP contribution in [0.25, 0.3) is 33.8 Å². The molecule has 0 saturated carbocycles. The van der Waals surface area contributed by atoms with E-state index < -0.39 is 12.5 Å². The molecule has 0 N–H and O–H groups in total. The number of hydrogen-bond acceptors (Lipinski definition) is 6. The van der Waals surface area contributed by atoms with Crippen LogP contribution in [0.3, 0.4) is 0 Å². The molecule has 41 heavy (non-hydrogen) atoms. The van der Waals surface area contributed by atoms with E-state index in [4.69, 9.17) is 14.6 Å². The summed E-state index contributed by atoms with van der Waals surface area (Å²) in [5.74, 6) is 0.287. The largest absolute Gasteiger partial charge is 0.493 e. The molecule has 5 aromatic rings. The number of ketones is 1. The fourth-order valence-electron chi connectivity index (χ4n) is 5.03. The highest BCUT2D eigenvalue weighted by atomic mass is 19.3. The Morgan fingerprint density at radius 2 is 1.56 bits per heavy atom. The minimum absolute atomic E-state index is 0.00638. The van der Waals surface area contributed by atoms with E-state index in [2.05, 4.69) is 4.74 Å². The number of methoxy groups -OCH3 is 2. The Morgan fingerprint density at radius 1 is 0.854 bits per heavy atom. The lowest BCUT2D eigenvalue weighted by Gasteiger charge is -2.13. The van der Waals surface area contributed by atoms with Gasteiger partial charge in [0.15, 0.2) is 17.3 Å². The van der Waals surface area contributed by atoms with Gasteiger partial charge < -0.3 is 14.2 Å². The summed E-state index contributed by atoms with van der Waals surface area (Å²) >= 11 is 0. The van der Waals surface area contributed by atoms with Crippen molar-refractivity contribution in [2.45, 2.75) is 6.61 Å². The highest BCUT2D eigenvalue weighted by Gasteiger charge is 2.30. The highest BCUT2D eigenvalue weighted by Crippen LogP contribution is 2.40. The summed E-state index contributed by atoms with van der Waals surface area (Å²) in [6.07, 6.45) is 1.63. The summed E-state index contributed by atoms with van der Waals surface area (Å²) in [5.41, 5.74) is 3.98. The predicted octanol–water partition coefficient (Wildman–Crippen LogP) is 6.75. The van der Waals surface area contributed by atoms with Gasteiger partial charge in [-0.05, 0) is 47.5 Å². The molecule has 9 heteroatoms. The van der Waals surface area contributed by atoms with E-state index >= 15 is 0 Å². The van der Waals surface area contributed by atoms with Crippen molar-refractivity contribution in [3.8, 4) is 28.5 Å². The Balaban J connectivity index is 1.53. The molecule has 1 aliphatic rings. The second kappa shape index (κ2) is 10.3. The van der Waals surface area contributed by atoms with Crippen LogP contribution in [0.1, 0.15) is 31.8 Å². The molecule has 0 aliphatic heterocycles. The summed E-state index contributed by atoms with van der Waals surface area (Å²) in [5, 5.41) is 5.32. The van der Waals surface area contributed by atoms with Crippen LogP contribution in [0.4, 0.5) is 8.78 Å². The van der Waals surface area contributed by atoms with Gasteiger partial charge in [0.1, 0.15) is 11.4 Å². The molecule has 0 spiro atoms. The number of carbonyl (C=O) groups excluding carboxylic acids is 2. The summed E-state index contributed by atoms with van der Waals surface area (Å²) < 4.78 is 41.9. The predicted molar refractivity (Wildman–Crippen MR) is 150 cm³/mol. The monoisotopic (exact) mass is 552 g/mol. The van der Waals surface area contributed by atoms with Gasteiger partial charge in [-0.2, -0.15) is 18.6 Å². The molecule has 6 rings (SSSR count). The molecule has 0 bridgehead atoms. The molecule has 0 saturated heterocycles. The van der Waals surface area contributed by atoms with Crippen molar-refractivity contribution in [3.05, 3.63) is 107 Å². The Morgan fingerprint density at radius 3 is 2.27 bits per heavy atom. The first-order chi connectivity index (χ1) is 19.9. The number of alkyl halides is 2. The van der Waals surface area contributed by atoms with Crippen molar-refractivity contribution >= 4 is 34.2 Å². The summed E-state index contributed by atoms with van der Waals surface area (Å²) in [6, 6.07) is 23.4. The van der Waals surface area contributed by atoms with Crippen molar-refractivity contribution in [2.24, 2.45) is 0 Å². The van der Waals surface area contributed by atoms with E-state index in [1.54, 1.807) is 66.7 Å². The van der Waals surface area contributed by atoms with Gasteiger partial charge in [0.2, 0.25) is 0 Å². The SMILES string of the molecule is COc1ccc(C(=Cc2ccc(OC(F)F)cc2)C(=O)n2nc3c4c(cccc42)C(=O)c2ccccc2-3)cc1OC. The fraction of sp³-hybridized carbons (Fsp3) is 0.0938. The zero-order chi connectivity index (χ0) is 28.7. The number of fused-ring (bicyclic) bond motifs is 2. The van der Waals surface area contributed by atoms with Crippen LogP contribution in [0.2, 0.25) is 0 Å². The first-order valence-corrected chi connectivity index (χ1v) is 12.6. The van der Waals surface area contributed by atoms with Gasteiger partial charge >= 0.3 is 6.61 Å². The first kappa shape index (κ1) is 25.9. The number of nitrogens with zero attached hydrogens (tertiary/aromatic N) is 2. The molecule has 4 aromatic carbocycles. The Hall–Kier alpha value is -5.31. The molecule has 1 heterocycles. The summed E-state index contributed by atoms with van der Waals surface area (Å²) in [4.78, 5) is 27.6. The molecule has 0 atom stereocenters. The summed E-state index contributed by atoms with van der Waals surface area (Å²) in [7, 11) is 3.01. The molecule has 7 nitrogen and oxygen atoms in total. The zero-order valence-electron chi connectivity index (χ0n) is 21.9. The van der Waals surface area contributed by atoms with Crippen LogP contribution in [-0.4, -0.2) is 42.3 Å². The van der Waals surface area contributed by atoms with Crippen LogP contribution in [0, 0.1) is 0 Å². The van der Waals surface area contributed by atoms with Crippen LogP contribution >= 0.6 is 0 Å². The Bertz CT molecular complexity index is 1860. The van der Waals surface area contributed by atoms with E-state index in [1.807, 2.05) is 12.1 Å². The normalized spacial score (nSPS) is 12.4. The van der Waals surface area contributed by atoms with Crippen molar-refractivity contribution in [2.75, 3.05) is 14.2 Å². The van der Waals surface area contributed by atoms with E-state index in [9.17, 15) is 18.4 Å². The molecular formula is C32H22F2N2O5. The molecule has 0 fully saturated rings. The third-order valence-electron chi connectivity index (χ3n) is 6.91. The average Bonchev–Trinajstić information content (AvgIpc) is 3.39. The number of hydrogen-bond donors (Lipinski definition) is 0. The van der Waals surface area contributed by atoms with Gasteiger partial charge in [0, 0.05) is 27.6 Å². The van der Waals surface area contributed by atoms with E-state index in [0.717, 1.165) is 0 Å². The fourth-order valence-corrected chi connectivity index (χ4v) is 5.03. The maximum absolute atomic E-state index is 14.3. The van der Waals surface area contributed by atoms with Gasteiger partial charge in [-0.3, -0.25) is 9.59 Å². The maximum atomic E-state index is 14.3. The number of ether oxygens (including phenoxy) is 3. The zero-order valence-corrected chi connectivity index (χ0v) is 21.9. The van der Waals surface area contributed by atoms with Gasteiger partial charge in [0.25, 0.3) is 5.91 Å². The molecule has 0 radical (unpaired) electrons. The van der Waals surface area contributed by atoms with Crippen LogP contribution < -0.4 is 14.2 Å². The smallest absolute Gasteiger partial charge is 0.387 e. The molecule has 1 aliphatic carbocycles. The quantitative estimate of drug-likeness (QED) is 0.161. The van der Waals surface area contributed by atoms with Crippen molar-refractivity contribution in [1.29, 1.82) is 0 Å². The summed E-state index contributed by atoms with van der Waals surface area (Å²) in [6.45, 7) is -2.95. The number of rotatable bonds is 7. The van der Waals surface area contributed by atoms with Gasteiger partial charge in [-0.1, -0.05) is 54.6 Å². The van der Waals surface area contributed by atoms with Gasteiger partial charge in [-0.15, -0.1) is 0 Å². The molecular weight excluding hydrogens is 530 g/mol. The first-order valence-electron chi connectivity index (χ1n) is 12.6.